The van der Waals surface area contributed by atoms with Crippen molar-refractivity contribution in [2.75, 3.05) is 18.4 Å². The third kappa shape index (κ3) is 5.34. The van der Waals surface area contributed by atoms with Gasteiger partial charge in [0.15, 0.2) is 0 Å². The molecular weight excluding hydrogens is 318 g/mol. The molecule has 8 nitrogen and oxygen atoms in total. The van der Waals surface area contributed by atoms with Gasteiger partial charge in [0.05, 0.1) is 6.04 Å². The molecule has 0 spiro atoms. The zero-order valence-electron chi connectivity index (χ0n) is 13.9. The van der Waals surface area contributed by atoms with Crippen LogP contribution in [0.2, 0.25) is 0 Å². The van der Waals surface area contributed by atoms with Gasteiger partial charge in [0.1, 0.15) is 10.6 Å². The molecule has 0 aromatic carbocycles. The predicted molar refractivity (Wildman–Crippen MR) is 87.6 cm³/mol. The first-order valence-electron chi connectivity index (χ1n) is 7.59. The molecule has 1 atom stereocenters. The minimum Gasteiger partial charge on any atom is -0.444 e. The molecule has 1 aromatic heterocycles. The van der Waals surface area contributed by atoms with Crippen molar-refractivity contribution < 1.29 is 14.3 Å². The van der Waals surface area contributed by atoms with Gasteiger partial charge in [-0.1, -0.05) is 11.3 Å². The van der Waals surface area contributed by atoms with Gasteiger partial charge in [-0.2, -0.15) is 0 Å². The van der Waals surface area contributed by atoms with Crippen molar-refractivity contribution in [3.63, 3.8) is 0 Å². The van der Waals surface area contributed by atoms with Crippen LogP contribution >= 0.6 is 11.3 Å². The van der Waals surface area contributed by atoms with Crippen LogP contribution in [0.25, 0.3) is 0 Å². The number of rotatable bonds is 3. The number of aromatic nitrogens is 2. The molecule has 1 aliphatic heterocycles. The van der Waals surface area contributed by atoms with E-state index in [0.717, 1.165) is 17.8 Å². The second-order valence-electron chi connectivity index (χ2n) is 6.43. The molecule has 128 valence electrons. The molecule has 1 saturated heterocycles. The normalized spacial score (nSPS) is 17.9. The Labute approximate surface area is 139 Å². The Balaban J connectivity index is 1.81. The molecule has 1 aromatic rings. The lowest BCUT2D eigenvalue weighted by Crippen LogP contribution is -2.45. The topological polar surface area (TPSA) is 96.5 Å². The molecule has 0 aliphatic carbocycles. The summed E-state index contributed by atoms with van der Waals surface area (Å²) in [6.45, 7) is 8.36. The first kappa shape index (κ1) is 17.5. The highest BCUT2D eigenvalue weighted by Gasteiger charge is 2.32. The zero-order chi connectivity index (χ0) is 17.0. The summed E-state index contributed by atoms with van der Waals surface area (Å²) in [6.07, 6.45) is 1.42. The van der Waals surface area contributed by atoms with E-state index in [1.807, 2.05) is 27.7 Å². The van der Waals surface area contributed by atoms with Gasteiger partial charge in [-0.05, 0) is 40.5 Å². The number of nitrogens with zero attached hydrogens (tertiary/aromatic N) is 3. The van der Waals surface area contributed by atoms with Crippen molar-refractivity contribution >= 4 is 28.6 Å². The maximum atomic E-state index is 12.2. The van der Waals surface area contributed by atoms with Crippen molar-refractivity contribution in [3.05, 3.63) is 5.01 Å². The molecule has 1 fully saturated rings. The fraction of sp³-hybridized carbons (Fsp3) is 0.714. The zero-order valence-corrected chi connectivity index (χ0v) is 14.7. The van der Waals surface area contributed by atoms with Gasteiger partial charge in [-0.15, -0.1) is 10.2 Å². The molecule has 23 heavy (non-hydrogen) atoms. The Hall–Kier alpha value is -1.90. The third-order valence-electron chi connectivity index (χ3n) is 3.25. The predicted octanol–water partition coefficient (Wildman–Crippen LogP) is 2.37. The van der Waals surface area contributed by atoms with E-state index in [-0.39, 0.29) is 18.2 Å². The number of carbonyl (C=O) groups is 2. The lowest BCUT2D eigenvalue weighted by molar-refractivity contribution is 0.0228. The average Bonchev–Trinajstić information content (AvgIpc) is 3.03. The largest absolute Gasteiger partial charge is 0.444 e. The Morgan fingerprint density at radius 3 is 2.74 bits per heavy atom. The first-order chi connectivity index (χ1) is 10.7. The van der Waals surface area contributed by atoms with Crippen LogP contribution in [0.15, 0.2) is 0 Å². The van der Waals surface area contributed by atoms with E-state index >= 15 is 0 Å². The van der Waals surface area contributed by atoms with Crippen LogP contribution < -0.4 is 10.6 Å². The third-order valence-corrected chi connectivity index (χ3v) is 4.00. The molecule has 1 aliphatic rings. The molecule has 0 bridgehead atoms. The quantitative estimate of drug-likeness (QED) is 0.880. The lowest BCUT2D eigenvalue weighted by atomic mass is 10.2. The Kier molecular flexibility index (Phi) is 5.40. The number of nitrogens with one attached hydrogen (secondary N) is 2. The number of ether oxygens (including phenoxy) is 1. The standard InChI is InChI=1S/C14H23N5O3S/c1-9-17-18-12(23-9)16-11(20)15-8-10-6-5-7-19(10)13(21)22-14(2,3)4/h10H,5-8H2,1-4H3,(H2,15,16,18,20). The van der Waals surface area contributed by atoms with Gasteiger partial charge in [-0.25, -0.2) is 9.59 Å². The highest BCUT2D eigenvalue weighted by atomic mass is 32.1. The summed E-state index contributed by atoms with van der Waals surface area (Å²) in [6, 6.07) is -0.399. The summed E-state index contributed by atoms with van der Waals surface area (Å²) in [7, 11) is 0. The van der Waals surface area contributed by atoms with E-state index < -0.39 is 5.60 Å². The highest BCUT2D eigenvalue weighted by Crippen LogP contribution is 2.20. The van der Waals surface area contributed by atoms with Crippen LogP contribution in [0.5, 0.6) is 0 Å². The van der Waals surface area contributed by atoms with Crippen LogP contribution in [0.4, 0.5) is 14.7 Å². The molecular formula is C14H23N5O3S. The van der Waals surface area contributed by atoms with Gasteiger partial charge in [0.25, 0.3) is 0 Å². The van der Waals surface area contributed by atoms with Crippen LogP contribution in [-0.2, 0) is 4.74 Å². The Morgan fingerprint density at radius 1 is 1.39 bits per heavy atom. The number of hydrogen-bond acceptors (Lipinski definition) is 6. The fourth-order valence-corrected chi connectivity index (χ4v) is 2.89. The van der Waals surface area contributed by atoms with Gasteiger partial charge < -0.3 is 15.0 Å². The second-order valence-corrected chi connectivity index (χ2v) is 7.61. The number of hydrogen-bond donors (Lipinski definition) is 2. The summed E-state index contributed by atoms with van der Waals surface area (Å²) < 4.78 is 5.40. The first-order valence-corrected chi connectivity index (χ1v) is 8.41. The second kappa shape index (κ2) is 7.12. The van der Waals surface area contributed by atoms with Crippen LogP contribution in [-0.4, -0.2) is 52.0 Å². The number of carbonyl (C=O) groups excluding carboxylic acids is 2. The van der Waals surface area contributed by atoms with Crippen molar-refractivity contribution in [2.45, 2.75) is 52.2 Å². The van der Waals surface area contributed by atoms with Gasteiger partial charge in [0.2, 0.25) is 5.13 Å². The molecule has 9 heteroatoms. The molecule has 1 unspecified atom stereocenters. The van der Waals surface area contributed by atoms with Crippen molar-refractivity contribution in [1.82, 2.24) is 20.4 Å². The van der Waals surface area contributed by atoms with Crippen molar-refractivity contribution in [3.8, 4) is 0 Å². The maximum absolute atomic E-state index is 12.2. The Morgan fingerprint density at radius 2 is 2.13 bits per heavy atom. The van der Waals surface area contributed by atoms with Gasteiger partial charge in [0, 0.05) is 13.1 Å². The van der Waals surface area contributed by atoms with Crippen molar-refractivity contribution in [1.29, 1.82) is 0 Å². The number of likely N-dealkylation sites (tertiary alicyclic amines) is 1. The van der Waals surface area contributed by atoms with Crippen LogP contribution in [0.3, 0.4) is 0 Å². The summed E-state index contributed by atoms with van der Waals surface area (Å²) >= 11 is 1.31. The summed E-state index contributed by atoms with van der Waals surface area (Å²) in [4.78, 5) is 25.7. The summed E-state index contributed by atoms with van der Waals surface area (Å²) in [5.41, 5.74) is -0.523. The summed E-state index contributed by atoms with van der Waals surface area (Å²) in [5, 5.41) is 14.3. The number of urea groups is 1. The smallest absolute Gasteiger partial charge is 0.410 e. The minimum atomic E-state index is -0.523. The van der Waals surface area contributed by atoms with E-state index in [0.29, 0.717) is 18.2 Å². The maximum Gasteiger partial charge on any atom is 0.410 e. The minimum absolute atomic E-state index is 0.0493. The number of anilines is 1. The van der Waals surface area contributed by atoms with Crippen LogP contribution in [0, 0.1) is 6.92 Å². The van der Waals surface area contributed by atoms with E-state index in [4.69, 9.17) is 4.74 Å². The number of amides is 3. The van der Waals surface area contributed by atoms with E-state index in [1.165, 1.54) is 11.3 Å². The molecule has 3 amide bonds. The van der Waals surface area contributed by atoms with Gasteiger partial charge >= 0.3 is 12.1 Å². The molecule has 2 rings (SSSR count). The molecule has 0 radical (unpaired) electrons. The Bertz CT molecular complexity index is 569. The van der Waals surface area contributed by atoms with Crippen LogP contribution in [0.1, 0.15) is 38.6 Å². The van der Waals surface area contributed by atoms with E-state index in [1.54, 1.807) is 4.90 Å². The molecule has 0 saturated carbocycles. The highest BCUT2D eigenvalue weighted by molar-refractivity contribution is 7.15. The fourth-order valence-electron chi connectivity index (χ4n) is 2.31. The average molecular weight is 341 g/mol. The van der Waals surface area contributed by atoms with Crippen molar-refractivity contribution in [2.24, 2.45) is 0 Å². The SMILES string of the molecule is Cc1nnc(NC(=O)NCC2CCCN2C(=O)OC(C)(C)C)s1. The molecule has 2 N–H and O–H groups in total. The monoisotopic (exact) mass is 341 g/mol. The van der Waals surface area contributed by atoms with E-state index in [2.05, 4.69) is 20.8 Å². The van der Waals surface area contributed by atoms with Gasteiger partial charge in [-0.3, -0.25) is 5.32 Å². The molecule has 2 heterocycles. The van der Waals surface area contributed by atoms with E-state index in [9.17, 15) is 9.59 Å². The number of aryl methyl sites for hydroxylation is 1. The summed E-state index contributed by atoms with van der Waals surface area (Å²) in [5.74, 6) is 0. The lowest BCUT2D eigenvalue weighted by Gasteiger charge is -2.28.